The molecule has 1 fully saturated rings. The van der Waals surface area contributed by atoms with Gasteiger partial charge in [-0.3, -0.25) is 9.59 Å². The predicted molar refractivity (Wildman–Crippen MR) is 66.3 cm³/mol. The van der Waals surface area contributed by atoms with Crippen LogP contribution in [0.15, 0.2) is 16.9 Å². The summed E-state index contributed by atoms with van der Waals surface area (Å²) in [6.45, 7) is 2.24. The Balaban J connectivity index is 2.26. The summed E-state index contributed by atoms with van der Waals surface area (Å²) in [5, 5.41) is 0. The number of halogens is 1. The zero-order chi connectivity index (χ0) is 12.6. The SMILES string of the molecule is Cc1cc(N2CC(C(N)=O)CC2=O)cnc1Br. The Morgan fingerprint density at radius 1 is 1.65 bits per heavy atom. The third-order valence-electron chi connectivity index (χ3n) is 2.84. The van der Waals surface area contributed by atoms with E-state index in [-0.39, 0.29) is 12.3 Å². The van der Waals surface area contributed by atoms with Crippen LogP contribution in [0.1, 0.15) is 12.0 Å². The summed E-state index contributed by atoms with van der Waals surface area (Å²) in [6.07, 6.45) is 1.79. The summed E-state index contributed by atoms with van der Waals surface area (Å²) in [6, 6.07) is 1.86. The van der Waals surface area contributed by atoms with E-state index in [1.165, 1.54) is 0 Å². The first-order valence-corrected chi connectivity index (χ1v) is 6.00. The number of hydrogen-bond acceptors (Lipinski definition) is 3. The van der Waals surface area contributed by atoms with E-state index >= 15 is 0 Å². The second kappa shape index (κ2) is 4.44. The van der Waals surface area contributed by atoms with Crippen molar-refractivity contribution in [3.63, 3.8) is 0 Å². The first kappa shape index (κ1) is 12.0. The zero-order valence-corrected chi connectivity index (χ0v) is 10.9. The van der Waals surface area contributed by atoms with Crippen molar-refractivity contribution in [3.8, 4) is 0 Å². The van der Waals surface area contributed by atoms with Crippen molar-refractivity contribution in [2.75, 3.05) is 11.4 Å². The van der Waals surface area contributed by atoms with Crippen LogP contribution in [0.2, 0.25) is 0 Å². The summed E-state index contributed by atoms with van der Waals surface area (Å²) in [4.78, 5) is 28.5. The molecule has 1 aromatic rings. The van der Waals surface area contributed by atoms with E-state index in [0.29, 0.717) is 12.2 Å². The van der Waals surface area contributed by atoms with E-state index in [9.17, 15) is 9.59 Å². The molecule has 5 nitrogen and oxygen atoms in total. The predicted octanol–water partition coefficient (Wildman–Crippen LogP) is 0.991. The molecular weight excluding hydrogens is 286 g/mol. The number of primary amides is 1. The quantitative estimate of drug-likeness (QED) is 0.827. The normalized spacial score (nSPS) is 19.8. The van der Waals surface area contributed by atoms with Crippen LogP contribution in [0.3, 0.4) is 0 Å². The standard InChI is InChI=1S/C11H12BrN3O2/c1-6-2-8(4-14-10(6)12)15-5-7(11(13)17)3-9(15)16/h2,4,7H,3,5H2,1H3,(H2,13,17). The number of pyridine rings is 1. The first-order valence-electron chi connectivity index (χ1n) is 5.21. The Morgan fingerprint density at radius 2 is 2.35 bits per heavy atom. The molecule has 0 aliphatic carbocycles. The highest BCUT2D eigenvalue weighted by atomic mass is 79.9. The van der Waals surface area contributed by atoms with Crippen molar-refractivity contribution in [1.29, 1.82) is 0 Å². The fourth-order valence-electron chi connectivity index (χ4n) is 1.84. The molecule has 1 saturated heterocycles. The van der Waals surface area contributed by atoms with Gasteiger partial charge in [0.05, 0.1) is 17.8 Å². The lowest BCUT2D eigenvalue weighted by Crippen LogP contribution is -2.28. The van der Waals surface area contributed by atoms with Crippen molar-refractivity contribution in [2.24, 2.45) is 11.7 Å². The lowest BCUT2D eigenvalue weighted by Gasteiger charge is -2.16. The van der Waals surface area contributed by atoms with Crippen LogP contribution in [0, 0.1) is 12.8 Å². The smallest absolute Gasteiger partial charge is 0.227 e. The van der Waals surface area contributed by atoms with E-state index < -0.39 is 11.8 Å². The lowest BCUT2D eigenvalue weighted by atomic mass is 10.1. The Bertz CT molecular complexity index is 490. The summed E-state index contributed by atoms with van der Waals surface area (Å²) in [7, 11) is 0. The number of aryl methyl sites for hydroxylation is 1. The van der Waals surface area contributed by atoms with Crippen LogP contribution in [0.4, 0.5) is 5.69 Å². The number of nitrogens with two attached hydrogens (primary N) is 1. The number of carbonyl (C=O) groups is 2. The van der Waals surface area contributed by atoms with Crippen molar-refractivity contribution in [1.82, 2.24) is 4.98 Å². The van der Waals surface area contributed by atoms with Crippen LogP contribution in [-0.4, -0.2) is 23.3 Å². The molecule has 2 rings (SSSR count). The lowest BCUT2D eigenvalue weighted by molar-refractivity contribution is -0.123. The van der Waals surface area contributed by atoms with E-state index in [1.807, 2.05) is 13.0 Å². The van der Waals surface area contributed by atoms with Gasteiger partial charge >= 0.3 is 0 Å². The maximum atomic E-state index is 11.8. The average Bonchev–Trinajstić information content (AvgIpc) is 2.65. The molecule has 1 atom stereocenters. The van der Waals surface area contributed by atoms with Crippen molar-refractivity contribution < 1.29 is 9.59 Å². The molecule has 1 aromatic heterocycles. The minimum absolute atomic E-state index is 0.0858. The second-order valence-electron chi connectivity index (χ2n) is 4.11. The molecule has 17 heavy (non-hydrogen) atoms. The molecule has 0 aromatic carbocycles. The Labute approximate surface area is 107 Å². The summed E-state index contributed by atoms with van der Waals surface area (Å²) < 4.78 is 0.749. The maximum absolute atomic E-state index is 11.8. The second-order valence-corrected chi connectivity index (χ2v) is 4.86. The molecule has 1 unspecified atom stereocenters. The van der Waals surface area contributed by atoms with Crippen LogP contribution >= 0.6 is 15.9 Å². The van der Waals surface area contributed by atoms with Crippen LogP contribution in [-0.2, 0) is 9.59 Å². The average molecular weight is 298 g/mol. The summed E-state index contributed by atoms with van der Waals surface area (Å²) >= 11 is 3.30. The van der Waals surface area contributed by atoms with Crippen molar-refractivity contribution in [2.45, 2.75) is 13.3 Å². The summed E-state index contributed by atoms with van der Waals surface area (Å²) in [5.74, 6) is -0.911. The third kappa shape index (κ3) is 2.31. The van der Waals surface area contributed by atoms with E-state index in [1.54, 1.807) is 11.1 Å². The number of hydrogen-bond donors (Lipinski definition) is 1. The zero-order valence-electron chi connectivity index (χ0n) is 9.31. The van der Waals surface area contributed by atoms with Gasteiger partial charge < -0.3 is 10.6 Å². The molecule has 0 bridgehead atoms. The Hall–Kier alpha value is -1.43. The Morgan fingerprint density at radius 3 is 2.88 bits per heavy atom. The van der Waals surface area contributed by atoms with Gasteiger partial charge in [-0.15, -0.1) is 0 Å². The highest BCUT2D eigenvalue weighted by molar-refractivity contribution is 9.10. The maximum Gasteiger partial charge on any atom is 0.227 e. The molecule has 0 saturated carbocycles. The van der Waals surface area contributed by atoms with Gasteiger partial charge in [0.25, 0.3) is 0 Å². The van der Waals surface area contributed by atoms with Gasteiger partial charge in [-0.1, -0.05) is 0 Å². The van der Waals surface area contributed by atoms with Gasteiger partial charge in [-0.2, -0.15) is 0 Å². The minimum atomic E-state index is -0.428. The van der Waals surface area contributed by atoms with Gasteiger partial charge in [0.1, 0.15) is 4.60 Å². The van der Waals surface area contributed by atoms with Crippen LogP contribution in [0.25, 0.3) is 0 Å². The molecule has 6 heteroatoms. The molecule has 0 radical (unpaired) electrons. The molecule has 90 valence electrons. The Kier molecular flexibility index (Phi) is 3.15. The third-order valence-corrected chi connectivity index (χ3v) is 3.67. The van der Waals surface area contributed by atoms with Gasteiger partial charge in [-0.05, 0) is 34.5 Å². The van der Waals surface area contributed by atoms with E-state index in [2.05, 4.69) is 20.9 Å². The highest BCUT2D eigenvalue weighted by Gasteiger charge is 2.34. The number of nitrogens with zero attached hydrogens (tertiary/aromatic N) is 2. The number of carbonyl (C=O) groups excluding carboxylic acids is 2. The molecule has 1 aliphatic rings. The number of anilines is 1. The van der Waals surface area contributed by atoms with E-state index in [4.69, 9.17) is 5.73 Å². The molecular formula is C11H12BrN3O2. The number of rotatable bonds is 2. The number of amides is 2. The highest BCUT2D eigenvalue weighted by Crippen LogP contribution is 2.26. The van der Waals surface area contributed by atoms with Gasteiger partial charge in [0.15, 0.2) is 0 Å². The van der Waals surface area contributed by atoms with Gasteiger partial charge in [0, 0.05) is 13.0 Å². The van der Waals surface area contributed by atoms with Crippen LogP contribution in [0.5, 0.6) is 0 Å². The minimum Gasteiger partial charge on any atom is -0.369 e. The monoisotopic (exact) mass is 297 g/mol. The molecule has 1 aliphatic heterocycles. The summed E-state index contributed by atoms with van der Waals surface area (Å²) in [5.41, 5.74) is 6.86. The van der Waals surface area contributed by atoms with Gasteiger partial charge in [0.2, 0.25) is 11.8 Å². The fraction of sp³-hybridized carbons (Fsp3) is 0.364. The largest absolute Gasteiger partial charge is 0.369 e. The first-order chi connectivity index (χ1) is 7.99. The van der Waals surface area contributed by atoms with Crippen molar-refractivity contribution >= 4 is 33.4 Å². The molecule has 2 heterocycles. The van der Waals surface area contributed by atoms with Crippen LogP contribution < -0.4 is 10.6 Å². The molecule has 0 spiro atoms. The molecule has 2 amide bonds. The topological polar surface area (TPSA) is 76.3 Å². The number of aromatic nitrogens is 1. The van der Waals surface area contributed by atoms with E-state index in [0.717, 1.165) is 10.2 Å². The molecule has 2 N–H and O–H groups in total. The fourth-order valence-corrected chi connectivity index (χ4v) is 2.06. The van der Waals surface area contributed by atoms with Gasteiger partial charge in [-0.25, -0.2) is 4.98 Å². The van der Waals surface area contributed by atoms with Crippen molar-refractivity contribution in [3.05, 3.63) is 22.4 Å².